The van der Waals surface area contributed by atoms with Gasteiger partial charge in [0.25, 0.3) is 10.1 Å². The first-order chi connectivity index (χ1) is 11.9. The molecule has 2 aliphatic rings. The van der Waals surface area contributed by atoms with Crippen LogP contribution in [0.15, 0.2) is 24.3 Å². The van der Waals surface area contributed by atoms with Crippen LogP contribution < -0.4 is 5.32 Å². The van der Waals surface area contributed by atoms with Gasteiger partial charge in [-0.2, -0.15) is 8.42 Å². The first-order valence-corrected chi connectivity index (χ1v) is 11.2. The van der Waals surface area contributed by atoms with Crippen LogP contribution in [0.25, 0.3) is 0 Å². The van der Waals surface area contributed by atoms with E-state index in [4.69, 9.17) is 15.8 Å². The molecule has 1 aliphatic carbocycles. The molecule has 0 radical (unpaired) electrons. The minimum absolute atomic E-state index is 0.0271. The second kappa shape index (κ2) is 7.95. The number of hydrogen-bond acceptors (Lipinski definition) is 4. The van der Waals surface area contributed by atoms with Crippen molar-refractivity contribution in [2.45, 2.75) is 44.4 Å². The van der Waals surface area contributed by atoms with Crippen molar-refractivity contribution in [3.63, 3.8) is 0 Å². The Morgan fingerprint density at radius 1 is 1.28 bits per heavy atom. The summed E-state index contributed by atoms with van der Waals surface area (Å²) in [4.78, 5) is 0. The molecule has 4 nitrogen and oxygen atoms in total. The molecular formula is C19H28ClNO3S. The Morgan fingerprint density at radius 3 is 2.60 bits per heavy atom. The lowest BCUT2D eigenvalue weighted by Gasteiger charge is -2.42. The van der Waals surface area contributed by atoms with E-state index in [2.05, 4.69) is 12.2 Å². The predicted octanol–water partition coefficient (Wildman–Crippen LogP) is 3.74. The molecule has 1 aromatic rings. The largest absolute Gasteiger partial charge is 0.316 e. The van der Waals surface area contributed by atoms with Crippen LogP contribution in [0.3, 0.4) is 0 Å². The van der Waals surface area contributed by atoms with Gasteiger partial charge in [-0.25, -0.2) is 0 Å². The molecule has 3 rings (SSSR count). The molecule has 1 aliphatic heterocycles. The van der Waals surface area contributed by atoms with Gasteiger partial charge in [-0.05, 0) is 67.2 Å². The number of hydrogen-bond donors (Lipinski definition) is 1. The minimum atomic E-state index is -3.48. The van der Waals surface area contributed by atoms with E-state index in [1.807, 2.05) is 24.3 Å². The van der Waals surface area contributed by atoms with Gasteiger partial charge in [0.15, 0.2) is 0 Å². The molecule has 2 fully saturated rings. The zero-order valence-corrected chi connectivity index (χ0v) is 16.4. The van der Waals surface area contributed by atoms with Crippen molar-refractivity contribution < 1.29 is 12.6 Å². The van der Waals surface area contributed by atoms with Gasteiger partial charge in [0.05, 0.1) is 12.4 Å². The van der Waals surface area contributed by atoms with Crippen LogP contribution >= 0.6 is 11.6 Å². The second-order valence-corrected chi connectivity index (χ2v) is 9.86. The van der Waals surface area contributed by atoms with Crippen molar-refractivity contribution >= 4 is 21.7 Å². The van der Waals surface area contributed by atoms with E-state index in [1.54, 1.807) is 0 Å². The SMILES string of the molecule is CC1CCNCC1COS(=O)(=O)CCC1(c2ccc(Cl)cc2)CCC1. The zero-order chi connectivity index (χ0) is 17.9. The minimum Gasteiger partial charge on any atom is -0.316 e. The fraction of sp³-hybridized carbons (Fsp3) is 0.684. The first kappa shape index (κ1) is 19.2. The van der Waals surface area contributed by atoms with E-state index < -0.39 is 10.1 Å². The molecule has 1 heterocycles. The molecule has 1 N–H and O–H groups in total. The van der Waals surface area contributed by atoms with E-state index in [-0.39, 0.29) is 17.1 Å². The quantitative estimate of drug-likeness (QED) is 0.726. The number of halogens is 1. The summed E-state index contributed by atoms with van der Waals surface area (Å²) in [5.74, 6) is 0.866. The molecule has 6 heteroatoms. The Kier molecular flexibility index (Phi) is 6.09. The third-order valence-electron chi connectivity index (χ3n) is 6.05. The highest BCUT2D eigenvalue weighted by Crippen LogP contribution is 2.47. The van der Waals surface area contributed by atoms with Crippen LogP contribution in [0, 0.1) is 11.8 Å². The van der Waals surface area contributed by atoms with E-state index in [0.717, 1.165) is 38.8 Å². The third-order valence-corrected chi connectivity index (χ3v) is 7.50. The molecule has 140 valence electrons. The van der Waals surface area contributed by atoms with E-state index in [0.29, 0.717) is 24.0 Å². The van der Waals surface area contributed by atoms with Gasteiger partial charge >= 0.3 is 0 Å². The highest BCUT2D eigenvalue weighted by Gasteiger charge is 2.39. The van der Waals surface area contributed by atoms with Crippen molar-refractivity contribution in [3.8, 4) is 0 Å². The molecule has 1 saturated heterocycles. The molecule has 0 amide bonds. The first-order valence-electron chi connectivity index (χ1n) is 9.24. The smallest absolute Gasteiger partial charge is 0.267 e. The van der Waals surface area contributed by atoms with Gasteiger partial charge in [0.1, 0.15) is 0 Å². The van der Waals surface area contributed by atoms with E-state index >= 15 is 0 Å². The van der Waals surface area contributed by atoms with E-state index in [9.17, 15) is 8.42 Å². The summed E-state index contributed by atoms with van der Waals surface area (Å²) in [5.41, 5.74) is 1.17. The highest BCUT2D eigenvalue weighted by molar-refractivity contribution is 7.86. The number of piperidine rings is 1. The number of nitrogens with one attached hydrogen (secondary N) is 1. The Morgan fingerprint density at radius 2 is 2.00 bits per heavy atom. The topological polar surface area (TPSA) is 55.4 Å². The fourth-order valence-electron chi connectivity index (χ4n) is 3.94. The molecular weight excluding hydrogens is 358 g/mol. The lowest BCUT2D eigenvalue weighted by Crippen LogP contribution is -2.39. The maximum atomic E-state index is 12.4. The zero-order valence-electron chi connectivity index (χ0n) is 14.8. The van der Waals surface area contributed by atoms with Gasteiger partial charge < -0.3 is 5.32 Å². The van der Waals surface area contributed by atoms with Crippen molar-refractivity contribution in [3.05, 3.63) is 34.9 Å². The normalized spacial score (nSPS) is 26.2. The summed E-state index contributed by atoms with van der Waals surface area (Å²) in [5, 5.41) is 4.03. The molecule has 0 bridgehead atoms. The van der Waals surface area contributed by atoms with Crippen LogP contribution in [0.4, 0.5) is 0 Å². The average Bonchev–Trinajstić information content (AvgIpc) is 2.55. The van der Waals surface area contributed by atoms with Crippen molar-refractivity contribution in [1.82, 2.24) is 5.32 Å². The summed E-state index contributed by atoms with van der Waals surface area (Å²) in [7, 11) is -3.48. The Bertz CT molecular complexity index is 670. The van der Waals surface area contributed by atoms with Gasteiger partial charge in [-0.1, -0.05) is 37.1 Å². The molecule has 0 spiro atoms. The summed E-state index contributed by atoms with van der Waals surface area (Å²) in [6.45, 7) is 4.31. The lowest BCUT2D eigenvalue weighted by molar-refractivity contribution is 0.173. The molecule has 25 heavy (non-hydrogen) atoms. The van der Waals surface area contributed by atoms with Gasteiger partial charge in [0.2, 0.25) is 0 Å². The second-order valence-electron chi connectivity index (χ2n) is 7.67. The van der Waals surface area contributed by atoms with Gasteiger partial charge in [-0.15, -0.1) is 0 Å². The van der Waals surface area contributed by atoms with Crippen LogP contribution in [0.5, 0.6) is 0 Å². The van der Waals surface area contributed by atoms with Gasteiger partial charge in [0, 0.05) is 11.6 Å². The molecule has 1 aromatic carbocycles. The Balaban J connectivity index is 1.56. The molecule has 2 atom stereocenters. The predicted molar refractivity (Wildman–Crippen MR) is 101 cm³/mol. The fourth-order valence-corrected chi connectivity index (χ4v) is 5.20. The average molecular weight is 386 g/mol. The van der Waals surface area contributed by atoms with Crippen molar-refractivity contribution in [2.24, 2.45) is 11.8 Å². The maximum Gasteiger partial charge on any atom is 0.267 e. The number of rotatable bonds is 7. The maximum absolute atomic E-state index is 12.4. The van der Waals surface area contributed by atoms with E-state index in [1.165, 1.54) is 5.56 Å². The highest BCUT2D eigenvalue weighted by atomic mass is 35.5. The van der Waals surface area contributed by atoms with Crippen LogP contribution in [0.1, 0.15) is 44.6 Å². The lowest BCUT2D eigenvalue weighted by atomic mass is 9.63. The Hall–Kier alpha value is -0.620. The summed E-state index contributed by atoms with van der Waals surface area (Å²) in [6.07, 6.45) is 4.92. The molecule has 0 aromatic heterocycles. The summed E-state index contributed by atoms with van der Waals surface area (Å²) >= 11 is 5.98. The van der Waals surface area contributed by atoms with Gasteiger partial charge in [-0.3, -0.25) is 4.18 Å². The Labute approximate surface area is 156 Å². The number of benzene rings is 1. The van der Waals surface area contributed by atoms with Crippen LogP contribution in [-0.2, 0) is 19.7 Å². The summed E-state index contributed by atoms with van der Waals surface area (Å²) in [6, 6.07) is 7.84. The molecule has 2 unspecified atom stereocenters. The van der Waals surface area contributed by atoms with Crippen LogP contribution in [0.2, 0.25) is 5.02 Å². The van der Waals surface area contributed by atoms with Crippen molar-refractivity contribution in [2.75, 3.05) is 25.4 Å². The standard InChI is InChI=1S/C19H28ClNO3S/c1-15-7-11-21-13-16(15)14-24-25(22,23)12-10-19(8-2-9-19)17-3-5-18(20)6-4-17/h3-6,15-16,21H,2,7-14H2,1H3. The van der Waals surface area contributed by atoms with Crippen molar-refractivity contribution in [1.29, 1.82) is 0 Å². The third kappa shape index (κ3) is 4.76. The van der Waals surface area contributed by atoms with Crippen LogP contribution in [-0.4, -0.2) is 33.9 Å². The monoisotopic (exact) mass is 385 g/mol. The molecule has 1 saturated carbocycles. The summed E-state index contributed by atoms with van der Waals surface area (Å²) < 4.78 is 30.1.